The molecule has 3 nitrogen and oxygen atoms in total. The average molecular weight is 256 g/mol. The first-order valence-corrected chi connectivity index (χ1v) is 7.13. The number of aromatic nitrogens is 1. The maximum Gasteiger partial charge on any atom is 0.221 e. The van der Waals surface area contributed by atoms with Crippen LogP contribution in [0.4, 0.5) is 0 Å². The van der Waals surface area contributed by atoms with Crippen molar-refractivity contribution < 1.29 is 4.74 Å². The minimum Gasteiger partial charge on any atom is -0.477 e. The predicted octanol–water partition coefficient (Wildman–Crippen LogP) is 3.15. The molecule has 0 bridgehead atoms. The Morgan fingerprint density at radius 2 is 2.16 bits per heavy atom. The summed E-state index contributed by atoms with van der Waals surface area (Å²) in [6.45, 7) is 1.88. The molecule has 1 atom stereocenters. The number of piperidine rings is 1. The van der Waals surface area contributed by atoms with Gasteiger partial charge in [0.1, 0.15) is 0 Å². The quantitative estimate of drug-likeness (QED) is 0.912. The van der Waals surface area contributed by atoms with Crippen molar-refractivity contribution in [2.45, 2.75) is 31.7 Å². The van der Waals surface area contributed by atoms with Gasteiger partial charge in [-0.05, 0) is 43.3 Å². The normalized spacial score (nSPS) is 19.5. The second-order valence-electron chi connectivity index (χ2n) is 5.12. The lowest BCUT2D eigenvalue weighted by Crippen LogP contribution is -2.35. The Morgan fingerprint density at radius 1 is 1.21 bits per heavy atom. The molecule has 0 amide bonds. The molecule has 1 aromatic heterocycles. The standard InChI is InChI=1S/C16H20N2O/c1-2-7-15-13(5-1)8-11-18-16(15)19-12-9-14-6-3-4-10-17-14/h1-2,5,7-8,11,14,17H,3-4,6,9-10,12H2. The van der Waals surface area contributed by atoms with Gasteiger partial charge in [0.15, 0.2) is 0 Å². The van der Waals surface area contributed by atoms with Gasteiger partial charge in [0.05, 0.1) is 6.61 Å². The van der Waals surface area contributed by atoms with Gasteiger partial charge in [-0.25, -0.2) is 4.98 Å². The van der Waals surface area contributed by atoms with Crippen molar-refractivity contribution in [1.82, 2.24) is 10.3 Å². The lowest BCUT2D eigenvalue weighted by molar-refractivity contribution is 0.263. The molecular weight excluding hydrogens is 236 g/mol. The molecule has 1 aromatic carbocycles. The number of nitrogens with zero attached hydrogens (tertiary/aromatic N) is 1. The molecule has 1 fully saturated rings. The first-order valence-electron chi connectivity index (χ1n) is 7.13. The van der Waals surface area contributed by atoms with E-state index >= 15 is 0 Å². The van der Waals surface area contributed by atoms with Crippen LogP contribution in [0.1, 0.15) is 25.7 Å². The number of hydrogen-bond acceptors (Lipinski definition) is 3. The third-order valence-electron chi connectivity index (χ3n) is 3.75. The predicted molar refractivity (Wildman–Crippen MR) is 77.5 cm³/mol. The monoisotopic (exact) mass is 256 g/mol. The molecule has 3 heteroatoms. The van der Waals surface area contributed by atoms with Gasteiger partial charge < -0.3 is 10.1 Å². The van der Waals surface area contributed by atoms with Crippen molar-refractivity contribution in [1.29, 1.82) is 0 Å². The van der Waals surface area contributed by atoms with Gasteiger partial charge in [-0.2, -0.15) is 0 Å². The highest BCUT2D eigenvalue weighted by Gasteiger charge is 2.12. The molecule has 3 rings (SSSR count). The molecular formula is C16H20N2O. The summed E-state index contributed by atoms with van der Waals surface area (Å²) in [5.41, 5.74) is 0. The Morgan fingerprint density at radius 3 is 3.05 bits per heavy atom. The highest BCUT2D eigenvalue weighted by atomic mass is 16.5. The number of hydrogen-bond donors (Lipinski definition) is 1. The zero-order valence-corrected chi connectivity index (χ0v) is 11.1. The SMILES string of the molecule is c1ccc2c(OCCC3CCCCN3)nccc2c1. The van der Waals surface area contributed by atoms with Gasteiger partial charge in [-0.3, -0.25) is 0 Å². The Balaban J connectivity index is 1.62. The van der Waals surface area contributed by atoms with E-state index in [0.29, 0.717) is 6.04 Å². The smallest absolute Gasteiger partial charge is 0.221 e. The van der Waals surface area contributed by atoms with Crippen molar-refractivity contribution >= 4 is 10.8 Å². The van der Waals surface area contributed by atoms with Crippen molar-refractivity contribution in [2.75, 3.05) is 13.2 Å². The van der Waals surface area contributed by atoms with Crippen LogP contribution in [0.3, 0.4) is 0 Å². The third-order valence-corrected chi connectivity index (χ3v) is 3.75. The zero-order chi connectivity index (χ0) is 12.9. The number of benzene rings is 1. The molecule has 1 aliphatic heterocycles. The molecule has 1 N–H and O–H groups in total. The number of fused-ring (bicyclic) bond motifs is 1. The maximum absolute atomic E-state index is 5.87. The van der Waals surface area contributed by atoms with E-state index in [0.717, 1.165) is 30.8 Å². The Kier molecular flexibility index (Phi) is 3.94. The van der Waals surface area contributed by atoms with E-state index in [1.165, 1.54) is 24.6 Å². The minimum atomic E-state index is 0.615. The summed E-state index contributed by atoms with van der Waals surface area (Å²) in [4.78, 5) is 4.35. The molecule has 0 aliphatic carbocycles. The first kappa shape index (κ1) is 12.4. The van der Waals surface area contributed by atoms with E-state index < -0.39 is 0 Å². The molecule has 1 saturated heterocycles. The lowest BCUT2D eigenvalue weighted by Gasteiger charge is -2.23. The maximum atomic E-state index is 5.87. The summed E-state index contributed by atoms with van der Waals surface area (Å²) in [5.74, 6) is 0.758. The van der Waals surface area contributed by atoms with E-state index in [1.807, 2.05) is 24.4 Å². The van der Waals surface area contributed by atoms with Gasteiger partial charge in [0, 0.05) is 17.6 Å². The largest absolute Gasteiger partial charge is 0.477 e. The number of nitrogens with one attached hydrogen (secondary N) is 1. The summed E-state index contributed by atoms with van der Waals surface area (Å²) in [5, 5.41) is 5.82. The number of pyridine rings is 1. The summed E-state index contributed by atoms with van der Waals surface area (Å²) in [7, 11) is 0. The van der Waals surface area contributed by atoms with Crippen LogP contribution in [0.5, 0.6) is 5.88 Å². The van der Waals surface area contributed by atoms with Gasteiger partial charge in [0.2, 0.25) is 5.88 Å². The molecule has 1 unspecified atom stereocenters. The molecule has 0 saturated carbocycles. The van der Waals surface area contributed by atoms with Gasteiger partial charge in [-0.1, -0.05) is 24.6 Å². The third kappa shape index (κ3) is 3.04. The Hall–Kier alpha value is -1.61. The van der Waals surface area contributed by atoms with E-state index in [9.17, 15) is 0 Å². The second-order valence-corrected chi connectivity index (χ2v) is 5.12. The van der Waals surface area contributed by atoms with Crippen LogP contribution in [0, 0.1) is 0 Å². The van der Waals surface area contributed by atoms with Crippen LogP contribution in [0.25, 0.3) is 10.8 Å². The van der Waals surface area contributed by atoms with E-state index in [2.05, 4.69) is 22.4 Å². The van der Waals surface area contributed by atoms with E-state index in [1.54, 1.807) is 0 Å². The van der Waals surface area contributed by atoms with Crippen LogP contribution < -0.4 is 10.1 Å². The number of ether oxygens (including phenoxy) is 1. The van der Waals surface area contributed by atoms with Crippen molar-refractivity contribution in [3.63, 3.8) is 0 Å². The van der Waals surface area contributed by atoms with Gasteiger partial charge >= 0.3 is 0 Å². The summed E-state index contributed by atoms with van der Waals surface area (Å²) in [6.07, 6.45) is 6.79. The van der Waals surface area contributed by atoms with Gasteiger partial charge in [-0.15, -0.1) is 0 Å². The van der Waals surface area contributed by atoms with Crippen LogP contribution >= 0.6 is 0 Å². The highest BCUT2D eigenvalue weighted by molar-refractivity contribution is 5.86. The first-order chi connectivity index (χ1) is 9.43. The van der Waals surface area contributed by atoms with Crippen molar-refractivity contribution in [3.05, 3.63) is 36.5 Å². The van der Waals surface area contributed by atoms with Crippen LogP contribution in [-0.4, -0.2) is 24.2 Å². The van der Waals surface area contributed by atoms with Crippen molar-refractivity contribution in [3.8, 4) is 5.88 Å². The minimum absolute atomic E-state index is 0.615. The molecule has 0 spiro atoms. The highest BCUT2D eigenvalue weighted by Crippen LogP contribution is 2.22. The summed E-state index contributed by atoms with van der Waals surface area (Å²) in [6, 6.07) is 10.9. The fourth-order valence-corrected chi connectivity index (χ4v) is 2.68. The fraction of sp³-hybridized carbons (Fsp3) is 0.438. The Labute approximate surface area is 114 Å². The van der Waals surface area contributed by atoms with Crippen LogP contribution in [0.15, 0.2) is 36.5 Å². The van der Waals surface area contributed by atoms with E-state index in [4.69, 9.17) is 4.74 Å². The fourth-order valence-electron chi connectivity index (χ4n) is 2.68. The van der Waals surface area contributed by atoms with E-state index in [-0.39, 0.29) is 0 Å². The topological polar surface area (TPSA) is 34.1 Å². The molecule has 2 aromatic rings. The molecule has 19 heavy (non-hydrogen) atoms. The molecule has 2 heterocycles. The molecule has 1 aliphatic rings. The molecule has 100 valence electrons. The van der Waals surface area contributed by atoms with Crippen molar-refractivity contribution in [2.24, 2.45) is 0 Å². The van der Waals surface area contributed by atoms with Crippen LogP contribution in [0.2, 0.25) is 0 Å². The van der Waals surface area contributed by atoms with Gasteiger partial charge in [0.25, 0.3) is 0 Å². The summed E-state index contributed by atoms with van der Waals surface area (Å²) >= 11 is 0. The summed E-state index contributed by atoms with van der Waals surface area (Å²) < 4.78 is 5.87. The average Bonchev–Trinajstić information content (AvgIpc) is 2.49. The Bertz CT molecular complexity index is 530. The molecule has 0 radical (unpaired) electrons. The number of rotatable bonds is 4. The lowest BCUT2D eigenvalue weighted by atomic mass is 10.0. The second kappa shape index (κ2) is 6.02. The zero-order valence-electron chi connectivity index (χ0n) is 11.1. The van der Waals surface area contributed by atoms with Crippen LogP contribution in [-0.2, 0) is 0 Å².